The summed E-state index contributed by atoms with van der Waals surface area (Å²) < 4.78 is 5.15. The Labute approximate surface area is 144 Å². The molecule has 0 aliphatic carbocycles. The average molecular weight is 334 g/mol. The van der Waals surface area contributed by atoms with E-state index in [1.54, 1.807) is 6.92 Å². The Hall–Kier alpha value is -1.65. The van der Waals surface area contributed by atoms with Gasteiger partial charge in [0.15, 0.2) is 0 Å². The monoisotopic (exact) mass is 334 g/mol. The van der Waals surface area contributed by atoms with Gasteiger partial charge in [-0.1, -0.05) is 64.5 Å². The van der Waals surface area contributed by atoms with Crippen molar-refractivity contribution in [2.45, 2.75) is 85.1 Å². The van der Waals surface area contributed by atoms with Gasteiger partial charge in [0.2, 0.25) is 5.91 Å². The van der Waals surface area contributed by atoms with Crippen molar-refractivity contribution < 1.29 is 14.1 Å². The minimum absolute atomic E-state index is 0.0790. The van der Waals surface area contributed by atoms with E-state index < -0.39 is 0 Å². The number of carbonyl (C=O) groups is 2. The van der Waals surface area contributed by atoms with E-state index in [1.807, 2.05) is 13.8 Å². The summed E-state index contributed by atoms with van der Waals surface area (Å²) in [6.45, 7) is 7.94. The van der Waals surface area contributed by atoms with Gasteiger partial charge >= 0.3 is 0 Å². The van der Waals surface area contributed by atoms with Crippen LogP contribution in [0.4, 0.5) is 0 Å². The van der Waals surface area contributed by atoms with Crippen LogP contribution < -0.4 is 0 Å². The number of fused-ring (bicyclic) bond motifs is 1. The first-order valence-electron chi connectivity index (χ1n) is 9.31. The highest BCUT2D eigenvalue weighted by Gasteiger charge is 2.45. The molecule has 0 saturated heterocycles. The molecule has 2 rings (SSSR count). The minimum Gasteiger partial charge on any atom is -0.360 e. The number of amides is 2. The maximum Gasteiger partial charge on any atom is 0.266 e. The van der Waals surface area contributed by atoms with Crippen molar-refractivity contribution in [1.29, 1.82) is 0 Å². The van der Waals surface area contributed by atoms with Crippen LogP contribution in [0.3, 0.4) is 0 Å². The molecule has 1 aromatic rings. The van der Waals surface area contributed by atoms with E-state index in [-0.39, 0.29) is 23.8 Å². The summed E-state index contributed by atoms with van der Waals surface area (Å²) in [5.74, 6) is 0.310. The van der Waals surface area contributed by atoms with E-state index in [2.05, 4.69) is 12.1 Å². The summed E-state index contributed by atoms with van der Waals surface area (Å²) in [6, 6.07) is -0.290. The van der Waals surface area contributed by atoms with Crippen LogP contribution in [0.1, 0.15) is 100.0 Å². The Balaban J connectivity index is 1.91. The van der Waals surface area contributed by atoms with Crippen LogP contribution in [0.2, 0.25) is 0 Å². The van der Waals surface area contributed by atoms with Crippen molar-refractivity contribution in [2.24, 2.45) is 5.92 Å². The lowest BCUT2D eigenvalue weighted by Gasteiger charge is -2.25. The fourth-order valence-electron chi connectivity index (χ4n) is 3.46. The van der Waals surface area contributed by atoms with Gasteiger partial charge in [-0.3, -0.25) is 14.5 Å². The second-order valence-corrected chi connectivity index (χ2v) is 7.13. The van der Waals surface area contributed by atoms with E-state index in [1.165, 1.54) is 37.0 Å². The molecule has 5 heteroatoms. The van der Waals surface area contributed by atoms with Gasteiger partial charge in [-0.2, -0.15) is 0 Å². The molecule has 1 aliphatic heterocycles. The van der Waals surface area contributed by atoms with Gasteiger partial charge in [-0.25, -0.2) is 0 Å². The largest absolute Gasteiger partial charge is 0.360 e. The summed E-state index contributed by atoms with van der Waals surface area (Å²) >= 11 is 0. The normalized spacial score (nSPS) is 17.0. The summed E-state index contributed by atoms with van der Waals surface area (Å²) in [4.78, 5) is 26.7. The number of rotatable bonds is 9. The molecule has 134 valence electrons. The maximum absolute atomic E-state index is 12.6. The van der Waals surface area contributed by atoms with Crippen LogP contribution in [0, 0.1) is 12.8 Å². The second-order valence-electron chi connectivity index (χ2n) is 7.13. The first-order chi connectivity index (χ1) is 11.5. The molecule has 0 unspecified atom stereocenters. The third-order valence-electron chi connectivity index (χ3n) is 4.77. The molecule has 0 spiro atoms. The molecule has 0 aromatic carbocycles. The lowest BCUT2D eigenvalue weighted by Crippen LogP contribution is -2.37. The zero-order valence-electron chi connectivity index (χ0n) is 15.4. The lowest BCUT2D eigenvalue weighted by atomic mass is 10.00. The minimum atomic E-state index is -0.290. The van der Waals surface area contributed by atoms with Gasteiger partial charge in [-0.15, -0.1) is 0 Å². The highest BCUT2D eigenvalue weighted by atomic mass is 16.5. The number of nitrogens with zero attached hydrogens (tertiary/aromatic N) is 2. The highest BCUT2D eigenvalue weighted by Crippen LogP contribution is 2.39. The molecule has 0 bridgehead atoms. The van der Waals surface area contributed by atoms with Gasteiger partial charge < -0.3 is 4.52 Å². The number of carbonyl (C=O) groups excluding carboxylic acids is 2. The fraction of sp³-hybridized carbons (Fsp3) is 0.737. The smallest absolute Gasteiger partial charge is 0.266 e. The predicted molar refractivity (Wildman–Crippen MR) is 92.6 cm³/mol. The highest BCUT2D eigenvalue weighted by molar-refractivity contribution is 6.09. The van der Waals surface area contributed by atoms with Crippen LogP contribution in [-0.4, -0.2) is 21.9 Å². The van der Waals surface area contributed by atoms with Crippen molar-refractivity contribution in [3.63, 3.8) is 0 Å². The summed E-state index contributed by atoms with van der Waals surface area (Å²) in [6.07, 6.45) is 8.54. The molecular formula is C19H30N2O3. The summed E-state index contributed by atoms with van der Waals surface area (Å²) in [7, 11) is 0. The molecule has 0 N–H and O–H groups in total. The fourth-order valence-corrected chi connectivity index (χ4v) is 3.46. The number of aromatic nitrogens is 1. The predicted octanol–water partition coefficient (Wildman–Crippen LogP) is 4.80. The van der Waals surface area contributed by atoms with Crippen LogP contribution in [0.25, 0.3) is 0 Å². The molecule has 0 saturated carbocycles. The maximum atomic E-state index is 12.6. The molecule has 2 amide bonds. The van der Waals surface area contributed by atoms with Crippen LogP contribution in [0.15, 0.2) is 4.52 Å². The average Bonchev–Trinajstić information content (AvgIpc) is 3.05. The van der Waals surface area contributed by atoms with Crippen LogP contribution in [-0.2, 0) is 4.79 Å². The zero-order chi connectivity index (χ0) is 17.7. The van der Waals surface area contributed by atoms with Gasteiger partial charge in [0.05, 0.1) is 6.04 Å². The Morgan fingerprint density at radius 3 is 2.42 bits per heavy atom. The molecule has 1 aliphatic rings. The molecule has 0 fully saturated rings. The van der Waals surface area contributed by atoms with Crippen molar-refractivity contribution >= 4 is 11.8 Å². The number of hydrogen-bond acceptors (Lipinski definition) is 4. The molecule has 1 aromatic heterocycles. The van der Waals surface area contributed by atoms with Crippen molar-refractivity contribution in [3.8, 4) is 0 Å². The van der Waals surface area contributed by atoms with Gasteiger partial charge in [-0.05, 0) is 19.3 Å². The summed E-state index contributed by atoms with van der Waals surface area (Å²) in [5, 5.41) is 4.03. The standard InChI is InChI=1S/C19H30N2O3/c1-5-6-7-8-9-10-11-12-15(22)21-18(13(2)3)17-16(19(21)23)14(4)24-20-17/h13,18H,5-12H2,1-4H3/t18-/m0/s1. The number of imide groups is 1. The van der Waals surface area contributed by atoms with Crippen molar-refractivity contribution in [1.82, 2.24) is 10.1 Å². The third-order valence-corrected chi connectivity index (χ3v) is 4.77. The first-order valence-corrected chi connectivity index (χ1v) is 9.31. The van der Waals surface area contributed by atoms with Crippen LogP contribution in [0.5, 0.6) is 0 Å². The van der Waals surface area contributed by atoms with E-state index in [4.69, 9.17) is 4.52 Å². The molecule has 24 heavy (non-hydrogen) atoms. The quantitative estimate of drug-likeness (QED) is 0.608. The SMILES string of the molecule is CCCCCCCCCC(=O)N1C(=O)c2c(noc2C)[C@@H]1C(C)C. The molecule has 1 atom stereocenters. The topological polar surface area (TPSA) is 63.4 Å². The Kier molecular flexibility index (Phi) is 6.58. The number of hydrogen-bond donors (Lipinski definition) is 0. The summed E-state index contributed by atoms with van der Waals surface area (Å²) in [5.41, 5.74) is 1.11. The van der Waals surface area contributed by atoms with Gasteiger partial charge in [0.1, 0.15) is 17.0 Å². The van der Waals surface area contributed by atoms with Crippen molar-refractivity contribution in [2.75, 3.05) is 0 Å². The lowest BCUT2D eigenvalue weighted by molar-refractivity contribution is -0.131. The third kappa shape index (κ3) is 3.87. The first kappa shape index (κ1) is 18.7. The van der Waals surface area contributed by atoms with E-state index in [0.29, 0.717) is 23.4 Å². The molecule has 5 nitrogen and oxygen atoms in total. The van der Waals surface area contributed by atoms with E-state index in [9.17, 15) is 9.59 Å². The molecule has 0 radical (unpaired) electrons. The van der Waals surface area contributed by atoms with E-state index in [0.717, 1.165) is 12.8 Å². The van der Waals surface area contributed by atoms with Crippen molar-refractivity contribution in [3.05, 3.63) is 17.0 Å². The zero-order valence-corrected chi connectivity index (χ0v) is 15.4. The number of unbranched alkanes of at least 4 members (excludes halogenated alkanes) is 6. The number of aryl methyl sites for hydroxylation is 1. The Bertz CT molecular complexity index is 577. The van der Waals surface area contributed by atoms with Gasteiger partial charge in [0, 0.05) is 6.42 Å². The van der Waals surface area contributed by atoms with Gasteiger partial charge in [0.25, 0.3) is 5.91 Å². The second kappa shape index (κ2) is 8.45. The van der Waals surface area contributed by atoms with E-state index >= 15 is 0 Å². The Morgan fingerprint density at radius 1 is 1.17 bits per heavy atom. The molecule has 2 heterocycles. The van der Waals surface area contributed by atoms with Crippen LogP contribution >= 0.6 is 0 Å². The Morgan fingerprint density at radius 2 is 1.79 bits per heavy atom. The molecular weight excluding hydrogens is 304 g/mol.